The predicted molar refractivity (Wildman–Crippen MR) is 147 cm³/mol. The van der Waals surface area contributed by atoms with Crippen LogP contribution in [-0.4, -0.2) is 32.8 Å². The van der Waals surface area contributed by atoms with Crippen molar-refractivity contribution in [1.82, 2.24) is 5.43 Å². The van der Waals surface area contributed by atoms with Gasteiger partial charge in [-0.3, -0.25) is 4.79 Å². The average Bonchev–Trinajstić information content (AvgIpc) is 2.95. The van der Waals surface area contributed by atoms with Gasteiger partial charge < -0.3 is 14.0 Å². The Morgan fingerprint density at radius 3 is 2.03 bits per heavy atom. The summed E-state index contributed by atoms with van der Waals surface area (Å²) in [5.41, 5.74) is 1.75. The summed E-state index contributed by atoms with van der Waals surface area (Å²) in [4.78, 5) is 13.1. The topological polar surface area (TPSA) is 114 Å². The summed E-state index contributed by atoms with van der Waals surface area (Å²) >= 11 is 3.31. The van der Waals surface area contributed by atoms with Gasteiger partial charge in [0.1, 0.15) is 10.6 Å². The van der Waals surface area contributed by atoms with Crippen molar-refractivity contribution in [1.29, 1.82) is 0 Å². The number of nitrogens with zero attached hydrogens (tertiary/aromatic N) is 1. The van der Waals surface area contributed by atoms with Gasteiger partial charge in [0.15, 0.2) is 11.4 Å². The monoisotopic (exact) mass is 594 g/mol. The van der Waals surface area contributed by atoms with E-state index in [-0.39, 0.29) is 10.6 Å². The minimum absolute atomic E-state index is 0.0251. The fourth-order valence-corrected chi connectivity index (χ4v) is 5.14. The van der Waals surface area contributed by atoms with E-state index in [4.69, 9.17) is 8.92 Å². The third-order valence-electron chi connectivity index (χ3n) is 5.59. The summed E-state index contributed by atoms with van der Waals surface area (Å²) in [6.07, 6.45) is 1.36. The molecule has 0 saturated carbocycles. The Hall–Kier alpha value is -3.99. The van der Waals surface area contributed by atoms with Gasteiger partial charge in [-0.1, -0.05) is 60.7 Å². The van der Waals surface area contributed by atoms with Crippen molar-refractivity contribution in [3.63, 3.8) is 0 Å². The highest BCUT2D eigenvalue weighted by Gasteiger charge is 2.39. The lowest BCUT2D eigenvalue weighted by atomic mass is 9.85. The van der Waals surface area contributed by atoms with E-state index in [0.29, 0.717) is 26.9 Å². The first-order valence-corrected chi connectivity index (χ1v) is 13.5. The molecular weight excluding hydrogens is 572 g/mol. The van der Waals surface area contributed by atoms with E-state index in [1.54, 1.807) is 72.8 Å². The van der Waals surface area contributed by atoms with Crippen molar-refractivity contribution in [2.24, 2.45) is 5.10 Å². The van der Waals surface area contributed by atoms with Crippen molar-refractivity contribution < 1.29 is 27.2 Å². The number of carbonyl (C=O) groups excluding carboxylic acids is 1. The van der Waals surface area contributed by atoms with Crippen molar-refractivity contribution >= 4 is 38.2 Å². The maximum Gasteiger partial charge on any atom is 0.339 e. The van der Waals surface area contributed by atoms with Crippen LogP contribution in [0.5, 0.6) is 11.5 Å². The van der Waals surface area contributed by atoms with Crippen LogP contribution < -0.4 is 14.3 Å². The van der Waals surface area contributed by atoms with E-state index in [1.807, 2.05) is 0 Å². The molecule has 0 spiro atoms. The minimum atomic E-state index is -4.07. The van der Waals surface area contributed by atoms with Crippen LogP contribution in [0.1, 0.15) is 16.7 Å². The molecule has 0 unspecified atom stereocenters. The molecule has 0 aromatic heterocycles. The molecule has 8 nitrogen and oxygen atoms in total. The maximum absolute atomic E-state index is 13.1. The van der Waals surface area contributed by atoms with E-state index in [1.165, 1.54) is 43.7 Å². The summed E-state index contributed by atoms with van der Waals surface area (Å²) in [7, 11) is -2.59. The Morgan fingerprint density at radius 2 is 1.50 bits per heavy atom. The van der Waals surface area contributed by atoms with E-state index in [0.717, 1.165) is 0 Å². The number of carbonyl (C=O) groups is 1. The lowest BCUT2D eigenvalue weighted by Crippen LogP contribution is -2.43. The number of aliphatic hydroxyl groups is 1. The molecule has 10 heteroatoms. The molecule has 194 valence electrons. The highest BCUT2D eigenvalue weighted by atomic mass is 79.9. The lowest BCUT2D eigenvalue weighted by molar-refractivity contribution is -0.136. The minimum Gasteiger partial charge on any atom is -0.497 e. The smallest absolute Gasteiger partial charge is 0.339 e. The molecule has 0 aliphatic rings. The van der Waals surface area contributed by atoms with Gasteiger partial charge in [0.05, 0.1) is 17.8 Å². The van der Waals surface area contributed by atoms with Gasteiger partial charge >= 0.3 is 10.1 Å². The normalized spacial score (nSPS) is 11.8. The van der Waals surface area contributed by atoms with Gasteiger partial charge in [0.25, 0.3) is 5.91 Å². The average molecular weight is 595 g/mol. The van der Waals surface area contributed by atoms with Crippen molar-refractivity contribution in [3.8, 4) is 11.5 Å². The van der Waals surface area contributed by atoms with Gasteiger partial charge in [-0.2, -0.15) is 13.5 Å². The molecule has 4 aromatic rings. The fourth-order valence-electron chi connectivity index (χ4n) is 3.61. The van der Waals surface area contributed by atoms with E-state index < -0.39 is 21.6 Å². The summed E-state index contributed by atoms with van der Waals surface area (Å²) in [5.74, 6) is -0.146. The maximum atomic E-state index is 13.1. The fraction of sp³-hybridized carbons (Fsp3) is 0.0714. The summed E-state index contributed by atoms with van der Waals surface area (Å²) < 4.78 is 35.9. The van der Waals surface area contributed by atoms with Crippen molar-refractivity contribution in [3.05, 3.63) is 124 Å². The van der Waals surface area contributed by atoms with E-state index >= 15 is 0 Å². The molecule has 1 amide bonds. The molecule has 38 heavy (non-hydrogen) atoms. The number of hydrazone groups is 1. The zero-order valence-corrected chi connectivity index (χ0v) is 22.5. The number of hydrogen-bond acceptors (Lipinski definition) is 7. The van der Waals surface area contributed by atoms with Crippen LogP contribution in [0.2, 0.25) is 0 Å². The molecule has 0 aliphatic carbocycles. The van der Waals surface area contributed by atoms with Gasteiger partial charge in [0.2, 0.25) is 0 Å². The molecule has 0 aliphatic heterocycles. The summed E-state index contributed by atoms with van der Waals surface area (Å²) in [5, 5.41) is 15.4. The lowest BCUT2D eigenvalue weighted by Gasteiger charge is -2.27. The highest BCUT2D eigenvalue weighted by Crippen LogP contribution is 2.31. The van der Waals surface area contributed by atoms with Gasteiger partial charge in [0, 0.05) is 0 Å². The van der Waals surface area contributed by atoms with E-state index in [2.05, 4.69) is 26.5 Å². The third kappa shape index (κ3) is 5.94. The Morgan fingerprint density at radius 1 is 0.921 bits per heavy atom. The van der Waals surface area contributed by atoms with Crippen LogP contribution in [0.4, 0.5) is 0 Å². The molecular formula is C28H23BrN2O6S. The van der Waals surface area contributed by atoms with Crippen LogP contribution in [-0.2, 0) is 20.5 Å². The molecule has 0 atom stereocenters. The first-order valence-electron chi connectivity index (χ1n) is 11.3. The largest absolute Gasteiger partial charge is 0.497 e. The van der Waals surface area contributed by atoms with Gasteiger partial charge in [-0.25, -0.2) is 5.43 Å². The highest BCUT2D eigenvalue weighted by molar-refractivity contribution is 9.10. The second-order valence-electron chi connectivity index (χ2n) is 8.04. The van der Waals surface area contributed by atoms with Crippen LogP contribution >= 0.6 is 15.9 Å². The second kappa shape index (κ2) is 11.6. The van der Waals surface area contributed by atoms with Crippen LogP contribution in [0, 0.1) is 0 Å². The summed E-state index contributed by atoms with van der Waals surface area (Å²) in [6, 6.07) is 27.6. The number of methoxy groups -OCH3 is 1. The summed E-state index contributed by atoms with van der Waals surface area (Å²) in [6.45, 7) is 0. The number of benzene rings is 4. The zero-order chi connectivity index (χ0) is 27.2. The third-order valence-corrected chi connectivity index (χ3v) is 7.46. The Kier molecular flexibility index (Phi) is 8.26. The van der Waals surface area contributed by atoms with Crippen molar-refractivity contribution in [2.75, 3.05) is 7.11 Å². The SMILES string of the molecule is COc1ccc(S(=O)(=O)Oc2ccc(/C=N\NC(=O)C(O)(c3ccccc3)c3ccccc3)cc2Br)cc1. The molecule has 0 saturated heterocycles. The van der Waals surface area contributed by atoms with Crippen LogP contribution in [0.15, 0.2) is 118 Å². The molecule has 0 fully saturated rings. The molecule has 4 rings (SSSR count). The standard InChI is InChI=1S/C28H23BrN2O6S/c1-36-23-13-15-24(16-14-23)38(34,35)37-26-17-12-20(18-25(26)29)19-30-31-27(32)28(33,21-8-4-2-5-9-21)22-10-6-3-7-11-22/h2-19,33H,1H3,(H,31,32)/b30-19-. The number of amides is 1. The van der Waals surface area contributed by atoms with Crippen molar-refractivity contribution in [2.45, 2.75) is 10.5 Å². The van der Waals surface area contributed by atoms with Crippen LogP contribution in [0.3, 0.4) is 0 Å². The molecule has 4 aromatic carbocycles. The quantitative estimate of drug-likeness (QED) is 0.166. The van der Waals surface area contributed by atoms with Crippen LogP contribution in [0.25, 0.3) is 0 Å². The molecule has 0 bridgehead atoms. The molecule has 2 N–H and O–H groups in total. The first kappa shape index (κ1) is 27.1. The van der Waals surface area contributed by atoms with E-state index in [9.17, 15) is 18.3 Å². The zero-order valence-electron chi connectivity index (χ0n) is 20.1. The van der Waals surface area contributed by atoms with Gasteiger partial charge in [-0.05, 0) is 75.1 Å². The number of rotatable bonds is 9. The number of nitrogens with one attached hydrogen (secondary N) is 1. The number of halogens is 1. The Bertz CT molecular complexity index is 1500. The first-order chi connectivity index (χ1) is 18.2. The second-order valence-corrected chi connectivity index (χ2v) is 10.4. The number of hydrogen-bond donors (Lipinski definition) is 2. The molecule has 0 heterocycles. The number of ether oxygens (including phenoxy) is 1. The Balaban J connectivity index is 1.49. The molecule has 0 radical (unpaired) electrons. The predicted octanol–water partition coefficient (Wildman–Crippen LogP) is 4.61. The Labute approximate surface area is 228 Å². The van der Waals surface area contributed by atoms with Gasteiger partial charge in [-0.15, -0.1) is 0 Å².